The molecule has 0 radical (unpaired) electrons. The van der Waals surface area contributed by atoms with Crippen molar-refractivity contribution in [2.45, 2.75) is 25.4 Å². The van der Waals surface area contributed by atoms with Crippen LogP contribution in [0.3, 0.4) is 0 Å². The first-order chi connectivity index (χ1) is 8.03. The first-order valence-electron chi connectivity index (χ1n) is 6.18. The highest BCUT2D eigenvalue weighted by Crippen LogP contribution is 2.39. The highest BCUT2D eigenvalue weighted by Gasteiger charge is 2.55. The zero-order valence-corrected chi connectivity index (χ0v) is 12.1. The quantitative estimate of drug-likeness (QED) is 0.343. The van der Waals surface area contributed by atoms with Crippen molar-refractivity contribution in [1.82, 2.24) is 0 Å². The maximum absolute atomic E-state index is 11.6. The lowest BCUT2D eigenvalue weighted by molar-refractivity contribution is -0.942. The van der Waals surface area contributed by atoms with Gasteiger partial charge < -0.3 is 31.3 Å². The molecule has 0 aromatic carbocycles. The van der Waals surface area contributed by atoms with Crippen LogP contribution in [0.2, 0.25) is 0 Å². The van der Waals surface area contributed by atoms with E-state index in [9.17, 15) is 9.90 Å². The van der Waals surface area contributed by atoms with Crippen LogP contribution in [0.4, 0.5) is 0 Å². The van der Waals surface area contributed by atoms with Crippen molar-refractivity contribution in [2.75, 3.05) is 32.8 Å². The van der Waals surface area contributed by atoms with Crippen LogP contribution in [0, 0.1) is 17.2 Å². The van der Waals surface area contributed by atoms with Crippen molar-refractivity contribution >= 4 is 5.97 Å². The van der Waals surface area contributed by atoms with Crippen LogP contribution in [0.25, 0.3) is 0 Å². The second kappa shape index (κ2) is 5.55. The van der Waals surface area contributed by atoms with Crippen molar-refractivity contribution in [3.8, 4) is 6.07 Å². The molecule has 1 unspecified atom stereocenters. The molecular formula is C12H19BrN2O3. The Labute approximate surface area is 118 Å². The van der Waals surface area contributed by atoms with E-state index < -0.39 is 5.60 Å². The van der Waals surface area contributed by atoms with Crippen LogP contribution < -0.4 is 17.0 Å². The third kappa shape index (κ3) is 2.68. The van der Waals surface area contributed by atoms with Crippen LogP contribution in [0.1, 0.15) is 19.8 Å². The second-order valence-electron chi connectivity index (χ2n) is 5.22. The number of halogens is 1. The highest BCUT2D eigenvalue weighted by molar-refractivity contribution is 5.70. The molecule has 1 N–H and O–H groups in total. The third-order valence-electron chi connectivity index (χ3n) is 4.12. The highest BCUT2D eigenvalue weighted by atomic mass is 79.9. The molecule has 0 saturated carbocycles. The monoisotopic (exact) mass is 318 g/mol. The van der Waals surface area contributed by atoms with Gasteiger partial charge in [-0.3, -0.25) is 0 Å². The second-order valence-corrected chi connectivity index (χ2v) is 5.22. The molecule has 0 amide bonds. The van der Waals surface area contributed by atoms with E-state index in [0.29, 0.717) is 17.6 Å². The van der Waals surface area contributed by atoms with Crippen molar-refractivity contribution < 1.29 is 36.1 Å². The summed E-state index contributed by atoms with van der Waals surface area (Å²) >= 11 is 0. The number of fused-ring (bicyclic) bond motifs is 3. The molecule has 0 aliphatic carbocycles. The van der Waals surface area contributed by atoms with E-state index in [1.807, 2.05) is 6.07 Å². The molecule has 18 heavy (non-hydrogen) atoms. The van der Waals surface area contributed by atoms with E-state index in [1.165, 1.54) is 0 Å². The van der Waals surface area contributed by atoms with Gasteiger partial charge in [0.25, 0.3) is 0 Å². The Morgan fingerprint density at radius 3 is 2.67 bits per heavy atom. The van der Waals surface area contributed by atoms with Crippen molar-refractivity contribution in [3.05, 3.63) is 0 Å². The Balaban J connectivity index is 0.00000162. The molecule has 0 aromatic rings. The Kier molecular flexibility index (Phi) is 4.76. The van der Waals surface area contributed by atoms with Crippen LogP contribution >= 0.6 is 0 Å². The Hall–Kier alpha value is -0.640. The molecule has 102 valence electrons. The molecule has 0 spiro atoms. The number of ether oxygens (including phenoxy) is 1. The minimum absolute atomic E-state index is 0. The third-order valence-corrected chi connectivity index (χ3v) is 4.12. The summed E-state index contributed by atoms with van der Waals surface area (Å²) in [5, 5.41) is 19.3. The van der Waals surface area contributed by atoms with E-state index in [-0.39, 0.29) is 35.4 Å². The minimum atomic E-state index is -1.25. The van der Waals surface area contributed by atoms with Gasteiger partial charge in [0.05, 0.1) is 19.7 Å². The van der Waals surface area contributed by atoms with E-state index >= 15 is 0 Å². The molecule has 3 aliphatic heterocycles. The number of nitriles is 1. The molecule has 6 heteroatoms. The van der Waals surface area contributed by atoms with Crippen LogP contribution in [0.5, 0.6) is 0 Å². The molecule has 5 nitrogen and oxygen atoms in total. The Bertz CT molecular complexity index is 361. The van der Waals surface area contributed by atoms with Gasteiger partial charge in [0.2, 0.25) is 5.60 Å². The maximum Gasteiger partial charge on any atom is 0.361 e. The first-order valence-corrected chi connectivity index (χ1v) is 6.18. The summed E-state index contributed by atoms with van der Waals surface area (Å²) in [5.74, 6) is -0.150. The lowest BCUT2D eigenvalue weighted by Gasteiger charge is -2.53. The number of nitrogens with zero attached hydrogens (tertiary/aromatic N) is 2. The van der Waals surface area contributed by atoms with Gasteiger partial charge in [0.15, 0.2) is 6.54 Å². The number of hydrogen-bond donors (Lipinski definition) is 1. The number of rotatable bonds is 3. The Morgan fingerprint density at radius 2 is 2.17 bits per heavy atom. The summed E-state index contributed by atoms with van der Waals surface area (Å²) in [6.07, 6.45) is 1.65. The summed E-state index contributed by atoms with van der Waals surface area (Å²) in [6.45, 7) is 4.55. The molecule has 3 rings (SSSR count). The maximum atomic E-state index is 11.6. The standard InChI is InChI=1S/C12H19N2O3.BrH/c1-2-17-11(15)7-14-5-3-10(4-6-14)12(16,8-13)9-14;/h10,16H,2-7,9H2,1H3;1H/q+1;/p-1. The number of carbonyl (C=O) groups excluding carboxylic acids is 1. The van der Waals surface area contributed by atoms with Gasteiger partial charge in [-0.2, -0.15) is 5.26 Å². The van der Waals surface area contributed by atoms with Crippen molar-refractivity contribution in [1.29, 1.82) is 5.26 Å². The molecule has 3 heterocycles. The molecule has 0 aromatic heterocycles. The molecular weight excluding hydrogens is 300 g/mol. The molecule has 3 aliphatic rings. The lowest BCUT2D eigenvalue weighted by Crippen LogP contribution is -3.00. The lowest BCUT2D eigenvalue weighted by atomic mass is 9.74. The van der Waals surface area contributed by atoms with Crippen molar-refractivity contribution in [2.24, 2.45) is 5.92 Å². The molecule has 1 atom stereocenters. The average Bonchev–Trinajstić information content (AvgIpc) is 2.29. The fourth-order valence-corrected chi connectivity index (χ4v) is 3.21. The van der Waals surface area contributed by atoms with Gasteiger partial charge in [0, 0.05) is 18.8 Å². The summed E-state index contributed by atoms with van der Waals surface area (Å²) < 4.78 is 5.48. The zero-order chi connectivity index (χ0) is 12.5. The summed E-state index contributed by atoms with van der Waals surface area (Å²) in [7, 11) is 0. The van der Waals surface area contributed by atoms with Gasteiger partial charge in [-0.25, -0.2) is 4.79 Å². The predicted octanol–water partition coefficient (Wildman–Crippen LogP) is -2.95. The van der Waals surface area contributed by atoms with Crippen molar-refractivity contribution in [3.63, 3.8) is 0 Å². The summed E-state index contributed by atoms with van der Waals surface area (Å²) in [4.78, 5) is 11.6. The number of carbonyl (C=O) groups is 1. The van der Waals surface area contributed by atoms with E-state index in [0.717, 1.165) is 25.9 Å². The minimum Gasteiger partial charge on any atom is -1.00 e. The molecule has 2 bridgehead atoms. The van der Waals surface area contributed by atoms with E-state index in [4.69, 9.17) is 10.00 Å². The molecule has 3 saturated heterocycles. The van der Waals surface area contributed by atoms with E-state index in [1.54, 1.807) is 6.92 Å². The SMILES string of the molecule is CCOC(=O)C[N+]12CCC(CC1)C(O)(C#N)C2.[Br-]. The summed E-state index contributed by atoms with van der Waals surface area (Å²) in [5.41, 5.74) is -1.25. The fraction of sp³-hybridized carbons (Fsp3) is 0.833. The number of aliphatic hydroxyl groups is 1. The fourth-order valence-electron chi connectivity index (χ4n) is 3.21. The smallest absolute Gasteiger partial charge is 0.361 e. The van der Waals surface area contributed by atoms with E-state index in [2.05, 4.69) is 0 Å². The Morgan fingerprint density at radius 1 is 1.56 bits per heavy atom. The number of esters is 1. The first kappa shape index (κ1) is 15.4. The van der Waals surface area contributed by atoms with Crippen LogP contribution in [0.15, 0.2) is 0 Å². The number of quaternary nitrogens is 1. The number of hydrogen-bond acceptors (Lipinski definition) is 4. The normalized spacial score (nSPS) is 37.5. The average molecular weight is 319 g/mol. The van der Waals surface area contributed by atoms with Gasteiger partial charge in [-0.1, -0.05) is 0 Å². The topological polar surface area (TPSA) is 70.3 Å². The van der Waals surface area contributed by atoms with Gasteiger partial charge >= 0.3 is 5.97 Å². The molecule has 3 fully saturated rings. The number of piperidine rings is 3. The summed E-state index contributed by atoms with van der Waals surface area (Å²) in [6, 6.07) is 2.03. The largest absolute Gasteiger partial charge is 1.00 e. The van der Waals surface area contributed by atoms with Gasteiger partial charge in [0.1, 0.15) is 12.6 Å². The van der Waals surface area contributed by atoms with Gasteiger partial charge in [-0.05, 0) is 6.92 Å². The van der Waals surface area contributed by atoms with Crippen LogP contribution in [-0.4, -0.2) is 53.9 Å². The van der Waals surface area contributed by atoms with Gasteiger partial charge in [-0.15, -0.1) is 0 Å². The van der Waals surface area contributed by atoms with Crippen LogP contribution in [-0.2, 0) is 9.53 Å². The predicted molar refractivity (Wildman–Crippen MR) is 59.6 cm³/mol. The zero-order valence-electron chi connectivity index (χ0n) is 10.6.